The average Bonchev–Trinajstić information content (AvgIpc) is 2.63. The lowest BCUT2D eigenvalue weighted by molar-refractivity contribution is -0.120. The SMILES string of the molecule is CCC(CC)C(=O)Nc1ccc(N2CCN(S(=O)(=O)CC)CC2)cc1. The highest BCUT2D eigenvalue weighted by atomic mass is 32.2. The molecule has 1 aliphatic rings. The summed E-state index contributed by atoms with van der Waals surface area (Å²) in [5, 5.41) is 2.96. The first-order valence-electron chi connectivity index (χ1n) is 9.05. The molecule has 1 fully saturated rings. The van der Waals surface area contributed by atoms with Gasteiger partial charge in [-0.3, -0.25) is 4.79 Å². The molecule has 1 aliphatic heterocycles. The van der Waals surface area contributed by atoms with Gasteiger partial charge in [-0.2, -0.15) is 4.31 Å². The molecule has 1 saturated heterocycles. The lowest BCUT2D eigenvalue weighted by Crippen LogP contribution is -2.49. The van der Waals surface area contributed by atoms with Gasteiger partial charge in [0.15, 0.2) is 0 Å². The number of nitrogens with one attached hydrogen (secondary N) is 1. The van der Waals surface area contributed by atoms with Crippen LogP contribution in [0.15, 0.2) is 24.3 Å². The molecule has 0 bridgehead atoms. The molecule has 1 amide bonds. The normalized spacial score (nSPS) is 16.2. The van der Waals surface area contributed by atoms with E-state index in [1.165, 1.54) is 0 Å². The molecular formula is C18H29N3O3S. The Hall–Kier alpha value is -1.60. The number of hydrogen-bond donors (Lipinski definition) is 1. The molecule has 1 heterocycles. The number of nitrogens with zero attached hydrogens (tertiary/aromatic N) is 2. The van der Waals surface area contributed by atoms with E-state index in [1.807, 2.05) is 38.1 Å². The highest BCUT2D eigenvalue weighted by Gasteiger charge is 2.25. The maximum atomic E-state index is 12.1. The van der Waals surface area contributed by atoms with Crippen LogP contribution >= 0.6 is 0 Å². The number of hydrogen-bond acceptors (Lipinski definition) is 4. The van der Waals surface area contributed by atoms with Crippen molar-refractivity contribution in [2.45, 2.75) is 33.6 Å². The lowest BCUT2D eigenvalue weighted by atomic mass is 10.0. The minimum absolute atomic E-state index is 0.0493. The van der Waals surface area contributed by atoms with Crippen molar-refractivity contribution in [3.05, 3.63) is 24.3 Å². The molecule has 0 atom stereocenters. The zero-order valence-corrected chi connectivity index (χ0v) is 16.2. The van der Waals surface area contributed by atoms with E-state index >= 15 is 0 Å². The molecule has 0 aromatic heterocycles. The van der Waals surface area contributed by atoms with E-state index in [4.69, 9.17) is 0 Å². The fourth-order valence-electron chi connectivity index (χ4n) is 3.07. The predicted octanol–water partition coefficient (Wildman–Crippen LogP) is 2.53. The van der Waals surface area contributed by atoms with E-state index in [-0.39, 0.29) is 17.6 Å². The number of carbonyl (C=O) groups is 1. The van der Waals surface area contributed by atoms with Crippen LogP contribution in [0.4, 0.5) is 11.4 Å². The summed E-state index contributed by atoms with van der Waals surface area (Å²) >= 11 is 0. The Kier molecular flexibility index (Phi) is 6.84. The summed E-state index contributed by atoms with van der Waals surface area (Å²) in [4.78, 5) is 14.3. The number of piperazine rings is 1. The fraction of sp³-hybridized carbons (Fsp3) is 0.611. The minimum atomic E-state index is -3.10. The summed E-state index contributed by atoms with van der Waals surface area (Å²) in [6, 6.07) is 7.77. The summed E-state index contributed by atoms with van der Waals surface area (Å²) in [7, 11) is -3.10. The van der Waals surface area contributed by atoms with Gasteiger partial charge in [-0.25, -0.2) is 8.42 Å². The zero-order valence-electron chi connectivity index (χ0n) is 15.4. The van der Waals surface area contributed by atoms with Gasteiger partial charge in [-0.15, -0.1) is 0 Å². The largest absolute Gasteiger partial charge is 0.369 e. The van der Waals surface area contributed by atoms with E-state index < -0.39 is 10.0 Å². The Morgan fingerprint density at radius 3 is 2.08 bits per heavy atom. The van der Waals surface area contributed by atoms with Crippen LogP contribution in [-0.4, -0.2) is 50.6 Å². The second kappa shape index (κ2) is 8.67. The fourth-order valence-corrected chi connectivity index (χ4v) is 4.15. The lowest BCUT2D eigenvalue weighted by Gasteiger charge is -2.35. The standard InChI is InChI=1S/C18H29N3O3S/c1-4-15(5-2)18(22)19-16-7-9-17(10-8-16)20-11-13-21(14-12-20)25(23,24)6-3/h7-10,15H,4-6,11-14H2,1-3H3,(H,19,22). The zero-order chi connectivity index (χ0) is 18.4. The van der Waals surface area contributed by atoms with Gasteiger partial charge >= 0.3 is 0 Å². The van der Waals surface area contributed by atoms with Crippen LogP contribution in [-0.2, 0) is 14.8 Å². The van der Waals surface area contributed by atoms with Gasteiger partial charge in [0.2, 0.25) is 15.9 Å². The van der Waals surface area contributed by atoms with E-state index in [2.05, 4.69) is 10.2 Å². The third-order valence-corrected chi connectivity index (χ3v) is 6.73. The van der Waals surface area contributed by atoms with Crippen LogP contribution in [0.5, 0.6) is 0 Å². The monoisotopic (exact) mass is 367 g/mol. The van der Waals surface area contributed by atoms with Crippen molar-refractivity contribution < 1.29 is 13.2 Å². The van der Waals surface area contributed by atoms with Crippen molar-refractivity contribution in [1.82, 2.24) is 4.31 Å². The third-order valence-electron chi connectivity index (χ3n) is 4.85. The first-order chi connectivity index (χ1) is 11.9. The Bertz CT molecular complexity index is 661. The number of benzene rings is 1. The predicted molar refractivity (Wildman–Crippen MR) is 102 cm³/mol. The van der Waals surface area contributed by atoms with E-state index in [0.29, 0.717) is 26.2 Å². The highest BCUT2D eigenvalue weighted by Crippen LogP contribution is 2.21. The van der Waals surface area contributed by atoms with Gasteiger partial charge in [0.1, 0.15) is 0 Å². The topological polar surface area (TPSA) is 69.7 Å². The van der Waals surface area contributed by atoms with Crippen molar-refractivity contribution in [2.75, 3.05) is 42.1 Å². The highest BCUT2D eigenvalue weighted by molar-refractivity contribution is 7.89. The molecule has 1 aromatic rings. The van der Waals surface area contributed by atoms with Crippen molar-refractivity contribution >= 4 is 27.3 Å². The Morgan fingerprint density at radius 1 is 1.04 bits per heavy atom. The van der Waals surface area contributed by atoms with Gasteiger partial charge in [0.05, 0.1) is 5.75 Å². The molecule has 0 spiro atoms. The minimum Gasteiger partial charge on any atom is -0.369 e. The van der Waals surface area contributed by atoms with Crippen LogP contribution in [0.3, 0.4) is 0 Å². The Morgan fingerprint density at radius 2 is 1.60 bits per heavy atom. The summed E-state index contributed by atoms with van der Waals surface area (Å²) in [5.74, 6) is 0.266. The van der Waals surface area contributed by atoms with E-state index in [9.17, 15) is 13.2 Å². The summed E-state index contributed by atoms with van der Waals surface area (Å²) in [6.07, 6.45) is 1.68. The first-order valence-corrected chi connectivity index (χ1v) is 10.7. The number of sulfonamides is 1. The first kappa shape index (κ1) is 19.7. The van der Waals surface area contributed by atoms with Crippen LogP contribution in [0.1, 0.15) is 33.6 Å². The molecule has 0 aliphatic carbocycles. The second-order valence-electron chi connectivity index (χ2n) is 6.34. The van der Waals surface area contributed by atoms with Crippen LogP contribution in [0, 0.1) is 5.92 Å². The molecule has 0 unspecified atom stereocenters. The maximum Gasteiger partial charge on any atom is 0.227 e. The Balaban J connectivity index is 1.94. The molecule has 0 saturated carbocycles. The van der Waals surface area contributed by atoms with Crippen molar-refractivity contribution in [3.63, 3.8) is 0 Å². The second-order valence-corrected chi connectivity index (χ2v) is 8.59. The van der Waals surface area contributed by atoms with Crippen molar-refractivity contribution in [1.29, 1.82) is 0 Å². The number of amides is 1. The molecule has 1 aromatic carbocycles. The van der Waals surface area contributed by atoms with Gasteiger partial charge in [0, 0.05) is 43.5 Å². The van der Waals surface area contributed by atoms with Crippen molar-refractivity contribution in [3.8, 4) is 0 Å². The van der Waals surface area contributed by atoms with Gasteiger partial charge in [0.25, 0.3) is 0 Å². The van der Waals surface area contributed by atoms with Crippen LogP contribution < -0.4 is 10.2 Å². The van der Waals surface area contributed by atoms with Crippen LogP contribution in [0.2, 0.25) is 0 Å². The number of carbonyl (C=O) groups excluding carboxylic acids is 1. The smallest absolute Gasteiger partial charge is 0.227 e. The van der Waals surface area contributed by atoms with Crippen LogP contribution in [0.25, 0.3) is 0 Å². The van der Waals surface area contributed by atoms with Gasteiger partial charge in [-0.1, -0.05) is 13.8 Å². The molecule has 140 valence electrons. The maximum absolute atomic E-state index is 12.1. The Labute approximate surface area is 151 Å². The quantitative estimate of drug-likeness (QED) is 0.804. The van der Waals surface area contributed by atoms with Gasteiger partial charge in [-0.05, 0) is 44.0 Å². The molecule has 7 heteroatoms. The molecule has 6 nitrogen and oxygen atoms in total. The number of anilines is 2. The van der Waals surface area contributed by atoms with Gasteiger partial charge < -0.3 is 10.2 Å². The van der Waals surface area contributed by atoms with E-state index in [0.717, 1.165) is 24.2 Å². The average molecular weight is 368 g/mol. The molecule has 0 radical (unpaired) electrons. The van der Waals surface area contributed by atoms with Crippen molar-refractivity contribution in [2.24, 2.45) is 5.92 Å². The molecule has 25 heavy (non-hydrogen) atoms. The summed E-state index contributed by atoms with van der Waals surface area (Å²) in [6.45, 7) is 8.12. The van der Waals surface area contributed by atoms with E-state index in [1.54, 1.807) is 11.2 Å². The third kappa shape index (κ3) is 4.95. The number of rotatable bonds is 7. The molecule has 2 rings (SSSR count). The summed E-state index contributed by atoms with van der Waals surface area (Å²) in [5.41, 5.74) is 1.85. The summed E-state index contributed by atoms with van der Waals surface area (Å²) < 4.78 is 25.4. The molecule has 1 N–H and O–H groups in total. The molecular weight excluding hydrogens is 338 g/mol.